The smallest absolute Gasteiger partial charge is 0.267 e. The number of pyridine rings is 1. The van der Waals surface area contributed by atoms with E-state index in [0.717, 1.165) is 16.8 Å². The van der Waals surface area contributed by atoms with Gasteiger partial charge < -0.3 is 21.7 Å². The van der Waals surface area contributed by atoms with Crippen LogP contribution in [0.5, 0.6) is 0 Å². The topological polar surface area (TPSA) is 126 Å². The second-order valence-electron chi connectivity index (χ2n) is 6.87. The van der Waals surface area contributed by atoms with E-state index in [-0.39, 0.29) is 17.5 Å². The zero-order valence-corrected chi connectivity index (χ0v) is 15.9. The van der Waals surface area contributed by atoms with Crippen LogP contribution in [0, 0.1) is 0 Å². The maximum absolute atomic E-state index is 12.8. The molecule has 0 aliphatic carbocycles. The Morgan fingerprint density at radius 1 is 1.10 bits per heavy atom. The minimum atomic E-state index is -0.581. The number of nitrogens with one attached hydrogen (secondary N) is 3. The van der Waals surface area contributed by atoms with Crippen molar-refractivity contribution in [3.63, 3.8) is 0 Å². The molecule has 3 amide bonds. The molecule has 1 aliphatic rings. The SMILES string of the molecule is NC(=O)c1ccc(CNc2ccccc2C(=O)Nc2ccc3c(c2)NC(=O)C3)cn1. The highest BCUT2D eigenvalue weighted by Crippen LogP contribution is 2.27. The molecule has 150 valence electrons. The number of carbonyl (C=O) groups excluding carboxylic acids is 3. The number of anilines is 3. The average Bonchev–Trinajstić information content (AvgIpc) is 3.12. The van der Waals surface area contributed by atoms with Crippen molar-refractivity contribution in [2.75, 3.05) is 16.0 Å². The van der Waals surface area contributed by atoms with Gasteiger partial charge in [-0.3, -0.25) is 19.4 Å². The lowest BCUT2D eigenvalue weighted by atomic mass is 10.1. The van der Waals surface area contributed by atoms with Crippen LogP contribution in [0.4, 0.5) is 17.1 Å². The van der Waals surface area contributed by atoms with E-state index in [9.17, 15) is 14.4 Å². The van der Waals surface area contributed by atoms with Crippen LogP contribution in [0.15, 0.2) is 60.8 Å². The summed E-state index contributed by atoms with van der Waals surface area (Å²) in [5.41, 5.74) is 9.60. The molecule has 0 saturated heterocycles. The van der Waals surface area contributed by atoms with E-state index in [1.807, 2.05) is 18.2 Å². The van der Waals surface area contributed by atoms with E-state index >= 15 is 0 Å². The van der Waals surface area contributed by atoms with Crippen molar-refractivity contribution in [3.8, 4) is 0 Å². The van der Waals surface area contributed by atoms with Gasteiger partial charge >= 0.3 is 0 Å². The van der Waals surface area contributed by atoms with Gasteiger partial charge in [-0.15, -0.1) is 0 Å². The molecule has 8 nitrogen and oxygen atoms in total. The summed E-state index contributed by atoms with van der Waals surface area (Å²) in [4.78, 5) is 39.5. The lowest BCUT2D eigenvalue weighted by molar-refractivity contribution is -0.115. The van der Waals surface area contributed by atoms with Crippen molar-refractivity contribution < 1.29 is 14.4 Å². The Kier molecular flexibility index (Phi) is 5.13. The highest BCUT2D eigenvalue weighted by atomic mass is 16.2. The van der Waals surface area contributed by atoms with Crippen molar-refractivity contribution in [2.24, 2.45) is 5.73 Å². The predicted molar refractivity (Wildman–Crippen MR) is 113 cm³/mol. The predicted octanol–water partition coefficient (Wildman–Crippen LogP) is 2.54. The van der Waals surface area contributed by atoms with Gasteiger partial charge in [0.2, 0.25) is 5.91 Å². The summed E-state index contributed by atoms with van der Waals surface area (Å²) in [5, 5.41) is 8.86. The Bertz CT molecular complexity index is 1140. The first kappa shape index (κ1) is 19.1. The average molecular weight is 401 g/mol. The van der Waals surface area contributed by atoms with Gasteiger partial charge in [-0.25, -0.2) is 0 Å². The highest BCUT2D eigenvalue weighted by molar-refractivity contribution is 6.08. The number of nitrogens with two attached hydrogens (primary N) is 1. The van der Waals surface area contributed by atoms with Gasteiger partial charge in [-0.1, -0.05) is 24.3 Å². The largest absolute Gasteiger partial charge is 0.380 e. The van der Waals surface area contributed by atoms with E-state index in [2.05, 4.69) is 20.9 Å². The normalized spacial score (nSPS) is 12.1. The monoisotopic (exact) mass is 401 g/mol. The zero-order chi connectivity index (χ0) is 21.1. The van der Waals surface area contributed by atoms with Crippen LogP contribution in [-0.2, 0) is 17.8 Å². The summed E-state index contributed by atoms with van der Waals surface area (Å²) in [6, 6.07) is 15.8. The molecule has 1 aromatic heterocycles. The van der Waals surface area contributed by atoms with Crippen molar-refractivity contribution >= 4 is 34.8 Å². The maximum atomic E-state index is 12.8. The number of rotatable bonds is 6. The molecule has 1 aliphatic heterocycles. The number of primary amides is 1. The number of fused-ring (bicyclic) bond motifs is 1. The second kappa shape index (κ2) is 8.04. The van der Waals surface area contributed by atoms with Crippen LogP contribution in [-0.4, -0.2) is 22.7 Å². The number of benzene rings is 2. The molecule has 0 fully saturated rings. The Hall–Kier alpha value is -4.20. The van der Waals surface area contributed by atoms with Crippen LogP contribution in [0.3, 0.4) is 0 Å². The van der Waals surface area contributed by atoms with Gasteiger partial charge in [0.05, 0.1) is 12.0 Å². The first-order valence-corrected chi connectivity index (χ1v) is 9.31. The second-order valence-corrected chi connectivity index (χ2v) is 6.87. The number of para-hydroxylation sites is 1. The van der Waals surface area contributed by atoms with E-state index in [0.29, 0.717) is 29.9 Å². The highest BCUT2D eigenvalue weighted by Gasteiger charge is 2.18. The van der Waals surface area contributed by atoms with Gasteiger partial charge in [-0.05, 0) is 41.5 Å². The van der Waals surface area contributed by atoms with Gasteiger partial charge in [0.1, 0.15) is 5.69 Å². The summed E-state index contributed by atoms with van der Waals surface area (Å²) in [5.74, 6) is -0.909. The fraction of sp³-hybridized carbons (Fsp3) is 0.0909. The molecule has 0 spiro atoms. The Labute approximate surface area is 172 Å². The maximum Gasteiger partial charge on any atom is 0.267 e. The molecule has 4 rings (SSSR count). The first-order chi connectivity index (χ1) is 14.5. The summed E-state index contributed by atoms with van der Waals surface area (Å²) in [6.07, 6.45) is 1.92. The van der Waals surface area contributed by atoms with Crippen molar-refractivity contribution in [1.29, 1.82) is 0 Å². The van der Waals surface area contributed by atoms with E-state index < -0.39 is 5.91 Å². The summed E-state index contributed by atoms with van der Waals surface area (Å²) in [7, 11) is 0. The van der Waals surface area contributed by atoms with Crippen LogP contribution in [0.1, 0.15) is 32.0 Å². The standard InChI is InChI=1S/C22H19N5O3/c23-21(29)18-8-5-13(12-25-18)11-24-17-4-2-1-3-16(17)22(30)26-15-7-6-14-9-20(28)27-19(14)10-15/h1-8,10,12,24H,9,11H2,(H2,23,29)(H,26,30)(H,27,28). The molecule has 0 atom stereocenters. The minimum absolute atomic E-state index is 0.0543. The van der Waals surface area contributed by atoms with Crippen LogP contribution in [0.25, 0.3) is 0 Å². The number of aromatic nitrogens is 1. The number of hydrogen-bond acceptors (Lipinski definition) is 5. The fourth-order valence-corrected chi connectivity index (χ4v) is 3.20. The third-order valence-corrected chi connectivity index (χ3v) is 4.72. The van der Waals surface area contributed by atoms with Crippen LogP contribution in [0.2, 0.25) is 0 Å². The van der Waals surface area contributed by atoms with Crippen LogP contribution >= 0.6 is 0 Å². The lowest BCUT2D eigenvalue weighted by Crippen LogP contribution is -2.15. The molecule has 0 bridgehead atoms. The molecule has 0 radical (unpaired) electrons. The number of nitrogens with zero attached hydrogens (tertiary/aromatic N) is 1. The van der Waals surface area contributed by atoms with Crippen molar-refractivity contribution in [3.05, 3.63) is 83.2 Å². The number of hydrogen-bond donors (Lipinski definition) is 4. The molecule has 30 heavy (non-hydrogen) atoms. The molecule has 2 aromatic carbocycles. The molecular formula is C22H19N5O3. The lowest BCUT2D eigenvalue weighted by Gasteiger charge is -2.13. The number of amides is 3. The number of carbonyl (C=O) groups is 3. The van der Waals surface area contributed by atoms with Gasteiger partial charge in [0.15, 0.2) is 0 Å². The third-order valence-electron chi connectivity index (χ3n) is 4.72. The molecule has 0 unspecified atom stereocenters. The molecular weight excluding hydrogens is 382 g/mol. The molecule has 5 N–H and O–H groups in total. The van der Waals surface area contributed by atoms with E-state index in [1.165, 1.54) is 0 Å². The molecule has 2 heterocycles. The Morgan fingerprint density at radius 3 is 2.70 bits per heavy atom. The van der Waals surface area contributed by atoms with E-state index in [1.54, 1.807) is 42.6 Å². The van der Waals surface area contributed by atoms with Crippen LogP contribution < -0.4 is 21.7 Å². The van der Waals surface area contributed by atoms with Crippen molar-refractivity contribution in [1.82, 2.24) is 4.98 Å². The molecule has 0 saturated carbocycles. The quantitative estimate of drug-likeness (QED) is 0.505. The molecule has 8 heteroatoms. The van der Waals surface area contributed by atoms with Gasteiger partial charge in [0.25, 0.3) is 11.8 Å². The third kappa shape index (κ3) is 4.12. The Balaban J connectivity index is 1.46. The first-order valence-electron chi connectivity index (χ1n) is 9.31. The van der Waals surface area contributed by atoms with E-state index in [4.69, 9.17) is 5.73 Å². The zero-order valence-electron chi connectivity index (χ0n) is 15.9. The molecule has 3 aromatic rings. The van der Waals surface area contributed by atoms with Gasteiger partial charge in [-0.2, -0.15) is 0 Å². The van der Waals surface area contributed by atoms with Gasteiger partial charge in [0, 0.05) is 29.8 Å². The van der Waals surface area contributed by atoms with Crippen molar-refractivity contribution in [2.45, 2.75) is 13.0 Å². The summed E-state index contributed by atoms with van der Waals surface area (Å²) in [6.45, 7) is 0.418. The fourth-order valence-electron chi connectivity index (χ4n) is 3.20. The minimum Gasteiger partial charge on any atom is -0.380 e. The summed E-state index contributed by atoms with van der Waals surface area (Å²) < 4.78 is 0. The Morgan fingerprint density at radius 2 is 1.93 bits per heavy atom. The summed E-state index contributed by atoms with van der Waals surface area (Å²) >= 11 is 0.